The normalized spacial score (nSPS) is 19.4. The summed E-state index contributed by atoms with van der Waals surface area (Å²) in [5.41, 5.74) is 6.97. The number of halogens is 2. The van der Waals surface area contributed by atoms with Crippen LogP contribution in [0, 0.1) is 17.1 Å². The maximum Gasteiger partial charge on any atom is 0.264 e. The first-order valence-electron chi connectivity index (χ1n) is 16.7. The third kappa shape index (κ3) is 7.02. The van der Waals surface area contributed by atoms with Crippen molar-refractivity contribution in [3.63, 3.8) is 0 Å². The van der Waals surface area contributed by atoms with E-state index in [1.165, 1.54) is 12.4 Å². The van der Waals surface area contributed by atoms with Crippen molar-refractivity contribution in [1.29, 1.82) is 5.26 Å². The number of nitrogen functional groups attached to an aromatic ring is 1. The molecule has 0 aliphatic carbocycles. The van der Waals surface area contributed by atoms with E-state index in [1.54, 1.807) is 33.8 Å². The number of piperazine rings is 1. The van der Waals surface area contributed by atoms with Crippen molar-refractivity contribution in [2.45, 2.75) is 44.3 Å². The molecule has 262 valence electrons. The van der Waals surface area contributed by atoms with Crippen molar-refractivity contribution in [2.24, 2.45) is 0 Å². The maximum absolute atomic E-state index is 15.7. The molecule has 3 saturated heterocycles. The summed E-state index contributed by atoms with van der Waals surface area (Å²) < 4.78 is 28.6. The van der Waals surface area contributed by atoms with Crippen LogP contribution >= 0.6 is 12.4 Å². The molecule has 1 atom stereocenters. The molecule has 5 heterocycles. The first-order chi connectivity index (χ1) is 23.7. The molecule has 14 heteroatoms. The van der Waals surface area contributed by atoms with Crippen molar-refractivity contribution in [2.75, 3.05) is 58.2 Å². The second-order valence-corrected chi connectivity index (χ2v) is 13.4. The van der Waals surface area contributed by atoms with Gasteiger partial charge in [-0.2, -0.15) is 10.4 Å². The summed E-state index contributed by atoms with van der Waals surface area (Å²) >= 11 is 0. The number of amides is 1. The predicted octanol–water partition coefficient (Wildman–Crippen LogP) is 4.84. The van der Waals surface area contributed by atoms with Gasteiger partial charge >= 0.3 is 0 Å². The lowest BCUT2D eigenvalue weighted by Gasteiger charge is -2.46. The van der Waals surface area contributed by atoms with Crippen LogP contribution in [0.1, 0.15) is 32.7 Å². The largest absolute Gasteiger partial charge is 0.457 e. The average Bonchev–Trinajstić information content (AvgIpc) is 3.48. The van der Waals surface area contributed by atoms with Crippen molar-refractivity contribution < 1.29 is 18.7 Å². The zero-order valence-corrected chi connectivity index (χ0v) is 29.0. The molecule has 0 radical (unpaired) electrons. The highest BCUT2D eigenvalue weighted by atomic mass is 35.5. The zero-order chi connectivity index (χ0) is 34.1. The number of hydrogen-bond acceptors (Lipinski definition) is 10. The molecule has 1 amide bonds. The number of ether oxygens (including phenoxy) is 2. The van der Waals surface area contributed by atoms with Gasteiger partial charge in [0, 0.05) is 56.4 Å². The van der Waals surface area contributed by atoms with Crippen molar-refractivity contribution in [1.82, 2.24) is 34.4 Å². The Morgan fingerprint density at radius 3 is 2.50 bits per heavy atom. The van der Waals surface area contributed by atoms with Crippen molar-refractivity contribution in [3.8, 4) is 28.8 Å². The van der Waals surface area contributed by atoms with Gasteiger partial charge in [0.1, 0.15) is 46.8 Å². The van der Waals surface area contributed by atoms with Crippen LogP contribution < -0.4 is 10.5 Å². The van der Waals surface area contributed by atoms with Crippen LogP contribution in [0.25, 0.3) is 22.3 Å². The summed E-state index contributed by atoms with van der Waals surface area (Å²) in [4.78, 5) is 29.0. The van der Waals surface area contributed by atoms with Gasteiger partial charge in [-0.1, -0.05) is 18.2 Å². The number of rotatable bonds is 8. The topological polar surface area (TPSA) is 139 Å². The molecule has 2 aromatic carbocycles. The summed E-state index contributed by atoms with van der Waals surface area (Å²) in [5.74, 6) is 0.273. The van der Waals surface area contributed by atoms with Crippen LogP contribution in [-0.2, 0) is 9.53 Å². The lowest BCUT2D eigenvalue weighted by molar-refractivity contribution is -0.128. The Bertz CT molecular complexity index is 1920. The number of benzene rings is 2. The molecule has 3 aliphatic rings. The van der Waals surface area contributed by atoms with Gasteiger partial charge in [-0.3, -0.25) is 14.6 Å². The van der Waals surface area contributed by atoms with E-state index in [4.69, 9.17) is 20.3 Å². The Morgan fingerprint density at radius 2 is 1.82 bits per heavy atom. The molecule has 50 heavy (non-hydrogen) atoms. The highest BCUT2D eigenvalue weighted by molar-refractivity contribution is 5.99. The van der Waals surface area contributed by atoms with Crippen molar-refractivity contribution >= 4 is 35.2 Å². The summed E-state index contributed by atoms with van der Waals surface area (Å²) in [6, 6.07) is 16.2. The molecule has 0 spiro atoms. The number of nitrogens with zero attached hydrogens (tertiary/aromatic N) is 8. The van der Waals surface area contributed by atoms with Gasteiger partial charge in [0.15, 0.2) is 5.65 Å². The highest BCUT2D eigenvalue weighted by Crippen LogP contribution is 2.36. The minimum atomic E-state index is -0.534. The number of anilines is 1. The number of likely N-dealkylation sites (tertiary alicyclic amines) is 1. The van der Waals surface area contributed by atoms with Gasteiger partial charge in [0.2, 0.25) is 0 Å². The maximum atomic E-state index is 15.7. The minimum absolute atomic E-state index is 0. The molecule has 2 aromatic heterocycles. The van der Waals surface area contributed by atoms with E-state index in [-0.39, 0.29) is 41.3 Å². The molecular formula is C36H41ClFN9O3. The fourth-order valence-electron chi connectivity index (χ4n) is 7.01. The Balaban J connectivity index is 0.00000432. The number of aromatic nitrogens is 4. The molecule has 12 nitrogen and oxygen atoms in total. The Hall–Kier alpha value is -4.61. The number of fused-ring (bicyclic) bond motifs is 1. The Labute approximate surface area is 296 Å². The van der Waals surface area contributed by atoms with Crippen LogP contribution in [0.5, 0.6) is 11.5 Å². The molecule has 3 aliphatic heterocycles. The second-order valence-electron chi connectivity index (χ2n) is 13.4. The fourth-order valence-corrected chi connectivity index (χ4v) is 7.01. The number of piperidine rings is 1. The zero-order valence-electron chi connectivity index (χ0n) is 28.2. The molecule has 3 fully saturated rings. The van der Waals surface area contributed by atoms with E-state index in [2.05, 4.69) is 39.7 Å². The van der Waals surface area contributed by atoms with Gasteiger partial charge in [-0.25, -0.2) is 19.0 Å². The summed E-state index contributed by atoms with van der Waals surface area (Å²) in [6.07, 6.45) is 4.58. The van der Waals surface area contributed by atoms with Gasteiger partial charge in [-0.15, -0.1) is 12.4 Å². The van der Waals surface area contributed by atoms with Crippen LogP contribution in [-0.4, -0.2) is 104 Å². The lowest BCUT2D eigenvalue weighted by atomic mass is 9.96. The standard InChI is InChI=1S/C36H40FN9O3.ClH/c1-36(2,45-15-13-43(14-16-45)26-21-48-22-26)18-24(19-38)35(47)44-12-6-7-25(20-44)46-34-31(33(39)40-23-41-34)32(42-46)29-11-10-28(17-30(29)37)49-27-8-4-3-5-9-27;/h3-5,8-11,17-18,23,25-26H,6-7,12-16,20-22H2,1-2H3,(H2,39,40,41);1H/t25-;/m1./s1. The van der Waals surface area contributed by atoms with E-state index in [1.807, 2.05) is 24.3 Å². The molecule has 0 unspecified atom stereocenters. The molecule has 7 rings (SSSR count). The minimum Gasteiger partial charge on any atom is -0.457 e. The number of nitrogens with two attached hydrogens (primary N) is 1. The molecule has 0 bridgehead atoms. The second kappa shape index (κ2) is 14.7. The number of nitriles is 1. The number of carbonyl (C=O) groups excluding carboxylic acids is 1. The van der Waals surface area contributed by atoms with E-state index in [0.717, 1.165) is 39.4 Å². The van der Waals surface area contributed by atoms with Crippen LogP contribution in [0.4, 0.5) is 10.2 Å². The summed E-state index contributed by atoms with van der Waals surface area (Å²) in [5, 5.41) is 15.4. The predicted molar refractivity (Wildman–Crippen MR) is 189 cm³/mol. The molecule has 0 saturated carbocycles. The quantitative estimate of drug-likeness (QED) is 0.201. The number of para-hydroxylation sites is 1. The van der Waals surface area contributed by atoms with E-state index in [9.17, 15) is 10.1 Å². The third-order valence-electron chi connectivity index (χ3n) is 9.84. The first kappa shape index (κ1) is 35.2. The van der Waals surface area contributed by atoms with E-state index in [0.29, 0.717) is 60.2 Å². The van der Waals surface area contributed by atoms with Crippen molar-refractivity contribution in [3.05, 3.63) is 72.3 Å². The van der Waals surface area contributed by atoms with Crippen LogP contribution in [0.3, 0.4) is 0 Å². The van der Waals surface area contributed by atoms with Gasteiger partial charge < -0.3 is 20.1 Å². The van der Waals surface area contributed by atoms with E-state index >= 15 is 4.39 Å². The monoisotopic (exact) mass is 701 g/mol. The van der Waals surface area contributed by atoms with E-state index < -0.39 is 11.4 Å². The fraction of sp³-hybridized carbons (Fsp3) is 0.417. The van der Waals surface area contributed by atoms with Gasteiger partial charge in [-0.05, 0) is 57.0 Å². The lowest BCUT2D eigenvalue weighted by Crippen LogP contribution is -2.59. The summed E-state index contributed by atoms with van der Waals surface area (Å²) in [7, 11) is 0. The van der Waals surface area contributed by atoms with Gasteiger partial charge in [0.25, 0.3) is 5.91 Å². The van der Waals surface area contributed by atoms with Gasteiger partial charge in [0.05, 0.1) is 30.7 Å². The first-order valence-corrected chi connectivity index (χ1v) is 16.7. The number of hydrogen-bond donors (Lipinski definition) is 1. The number of carbonyl (C=O) groups is 1. The van der Waals surface area contributed by atoms with Crippen LogP contribution in [0.15, 0.2) is 66.5 Å². The Morgan fingerprint density at radius 1 is 1.06 bits per heavy atom. The molecule has 2 N–H and O–H groups in total. The van der Waals surface area contributed by atoms with Crippen LogP contribution in [0.2, 0.25) is 0 Å². The molecular weight excluding hydrogens is 661 g/mol. The Kier molecular flexibility index (Phi) is 10.4. The highest BCUT2D eigenvalue weighted by Gasteiger charge is 2.35. The average molecular weight is 702 g/mol. The smallest absolute Gasteiger partial charge is 0.264 e. The summed E-state index contributed by atoms with van der Waals surface area (Å²) in [6.45, 7) is 10.1. The molecule has 4 aromatic rings. The third-order valence-corrected chi connectivity index (χ3v) is 9.84. The SMILES string of the molecule is CC(C)(C=C(C#N)C(=O)N1CCC[C@@H](n2nc(-c3ccc(Oc4ccccc4)cc3F)c3c(N)ncnc32)C1)N1CCN(C2COC2)CC1.Cl.